The van der Waals surface area contributed by atoms with E-state index >= 15 is 0 Å². The molecule has 0 fully saturated rings. The lowest BCUT2D eigenvalue weighted by Crippen LogP contribution is -2.29. The highest BCUT2D eigenvalue weighted by Gasteiger charge is 2.04. The summed E-state index contributed by atoms with van der Waals surface area (Å²) in [7, 11) is 0. The molecule has 0 radical (unpaired) electrons. The Kier molecular flexibility index (Phi) is 5.83. The number of hydrogen-bond acceptors (Lipinski definition) is 2. The van der Waals surface area contributed by atoms with Crippen molar-refractivity contribution in [3.05, 3.63) is 90.5 Å². The maximum Gasteiger partial charge on any atom is 0.224 e. The van der Waals surface area contributed by atoms with E-state index in [0.29, 0.717) is 19.6 Å². The summed E-state index contributed by atoms with van der Waals surface area (Å²) in [5.74, 6) is 0.817. The van der Waals surface area contributed by atoms with Crippen molar-refractivity contribution in [2.75, 3.05) is 13.2 Å². The van der Waals surface area contributed by atoms with Crippen LogP contribution >= 0.6 is 0 Å². The third kappa shape index (κ3) is 5.21. The molecule has 0 aromatic heterocycles. The second kappa shape index (κ2) is 8.69. The van der Waals surface area contributed by atoms with Crippen LogP contribution < -0.4 is 10.1 Å². The number of carbonyl (C=O) groups is 1. The Balaban J connectivity index is 1.43. The number of benzene rings is 3. The van der Waals surface area contributed by atoms with Gasteiger partial charge in [-0.1, -0.05) is 72.8 Å². The predicted octanol–water partition coefficient (Wildman–Crippen LogP) is 4.09. The van der Waals surface area contributed by atoms with Crippen LogP contribution in [0, 0.1) is 0 Å². The molecular formula is C22H21NO2. The Morgan fingerprint density at radius 3 is 2.04 bits per heavy atom. The first-order valence-corrected chi connectivity index (χ1v) is 8.40. The summed E-state index contributed by atoms with van der Waals surface area (Å²) < 4.78 is 5.56. The molecule has 3 aromatic carbocycles. The van der Waals surface area contributed by atoms with Gasteiger partial charge in [0.2, 0.25) is 5.91 Å². The molecule has 1 N–H and O–H groups in total. The lowest BCUT2D eigenvalue weighted by molar-refractivity contribution is -0.120. The van der Waals surface area contributed by atoms with E-state index in [2.05, 4.69) is 29.6 Å². The normalized spacial score (nSPS) is 10.2. The van der Waals surface area contributed by atoms with Crippen molar-refractivity contribution in [2.24, 2.45) is 0 Å². The van der Waals surface area contributed by atoms with E-state index in [1.54, 1.807) is 0 Å². The summed E-state index contributed by atoms with van der Waals surface area (Å²) in [5.41, 5.74) is 3.33. The van der Waals surface area contributed by atoms with Crippen LogP contribution in [0.15, 0.2) is 84.9 Å². The Labute approximate surface area is 148 Å². The molecule has 0 unspecified atom stereocenters. The van der Waals surface area contributed by atoms with Gasteiger partial charge in [-0.05, 0) is 28.8 Å². The van der Waals surface area contributed by atoms with Gasteiger partial charge in [0.25, 0.3) is 0 Å². The third-order valence-corrected chi connectivity index (χ3v) is 3.86. The van der Waals surface area contributed by atoms with Crippen molar-refractivity contribution in [3.63, 3.8) is 0 Å². The molecule has 3 nitrogen and oxygen atoms in total. The summed E-state index contributed by atoms with van der Waals surface area (Å²) >= 11 is 0. The van der Waals surface area contributed by atoms with E-state index in [-0.39, 0.29) is 5.91 Å². The van der Waals surface area contributed by atoms with Gasteiger partial charge in [0.05, 0.1) is 13.0 Å². The zero-order valence-corrected chi connectivity index (χ0v) is 14.0. The molecule has 0 saturated carbocycles. The second-order valence-corrected chi connectivity index (χ2v) is 5.75. The minimum atomic E-state index is 0.00382. The molecule has 0 bridgehead atoms. The molecule has 0 aliphatic carbocycles. The molecule has 0 aliphatic rings. The van der Waals surface area contributed by atoms with E-state index in [1.165, 1.54) is 5.56 Å². The van der Waals surface area contributed by atoms with Crippen molar-refractivity contribution in [2.45, 2.75) is 6.42 Å². The monoisotopic (exact) mass is 331 g/mol. The van der Waals surface area contributed by atoms with E-state index in [4.69, 9.17) is 4.74 Å². The van der Waals surface area contributed by atoms with Crippen molar-refractivity contribution in [1.29, 1.82) is 0 Å². The van der Waals surface area contributed by atoms with Crippen molar-refractivity contribution in [1.82, 2.24) is 5.32 Å². The molecule has 0 heterocycles. The van der Waals surface area contributed by atoms with Gasteiger partial charge in [-0.2, -0.15) is 0 Å². The Morgan fingerprint density at radius 2 is 1.36 bits per heavy atom. The van der Waals surface area contributed by atoms with Crippen LogP contribution in [0.4, 0.5) is 0 Å². The molecule has 3 rings (SSSR count). The van der Waals surface area contributed by atoms with Gasteiger partial charge in [0.1, 0.15) is 12.4 Å². The molecule has 25 heavy (non-hydrogen) atoms. The summed E-state index contributed by atoms with van der Waals surface area (Å²) in [6.45, 7) is 0.957. The molecule has 1 amide bonds. The summed E-state index contributed by atoms with van der Waals surface area (Å²) in [5, 5.41) is 2.88. The van der Waals surface area contributed by atoms with Gasteiger partial charge in [-0.15, -0.1) is 0 Å². The van der Waals surface area contributed by atoms with Crippen LogP contribution in [0.3, 0.4) is 0 Å². The van der Waals surface area contributed by atoms with Crippen LogP contribution in [0.5, 0.6) is 5.75 Å². The van der Waals surface area contributed by atoms with Gasteiger partial charge in [-0.25, -0.2) is 0 Å². The quantitative estimate of drug-likeness (QED) is 0.662. The average Bonchev–Trinajstić information content (AvgIpc) is 2.67. The lowest BCUT2D eigenvalue weighted by atomic mass is 10.0. The molecule has 126 valence electrons. The summed E-state index contributed by atoms with van der Waals surface area (Å²) in [4.78, 5) is 12.0. The Bertz CT molecular complexity index is 783. The van der Waals surface area contributed by atoms with Gasteiger partial charge >= 0.3 is 0 Å². The van der Waals surface area contributed by atoms with Crippen molar-refractivity contribution >= 4 is 5.91 Å². The number of amides is 1. The van der Waals surface area contributed by atoms with Crippen LogP contribution in [-0.2, 0) is 11.2 Å². The van der Waals surface area contributed by atoms with Gasteiger partial charge < -0.3 is 10.1 Å². The SMILES string of the molecule is O=C(Cc1ccc(-c2ccccc2)cc1)NCCOc1ccccc1. The van der Waals surface area contributed by atoms with Crippen LogP contribution in [0.25, 0.3) is 11.1 Å². The average molecular weight is 331 g/mol. The Hall–Kier alpha value is -3.07. The first-order chi connectivity index (χ1) is 12.3. The number of para-hydroxylation sites is 1. The fourth-order valence-corrected chi connectivity index (χ4v) is 2.57. The number of carbonyl (C=O) groups excluding carboxylic acids is 1. The molecule has 0 saturated heterocycles. The van der Waals surface area contributed by atoms with Crippen molar-refractivity contribution < 1.29 is 9.53 Å². The lowest BCUT2D eigenvalue weighted by Gasteiger charge is -2.08. The predicted molar refractivity (Wildman–Crippen MR) is 101 cm³/mol. The van der Waals surface area contributed by atoms with Gasteiger partial charge in [-0.3, -0.25) is 4.79 Å². The number of nitrogens with one attached hydrogen (secondary N) is 1. The first-order valence-electron chi connectivity index (χ1n) is 8.40. The summed E-state index contributed by atoms with van der Waals surface area (Å²) in [6, 6.07) is 27.9. The molecular weight excluding hydrogens is 310 g/mol. The maximum absolute atomic E-state index is 12.0. The Morgan fingerprint density at radius 1 is 0.760 bits per heavy atom. The minimum absolute atomic E-state index is 0.00382. The fourth-order valence-electron chi connectivity index (χ4n) is 2.57. The van der Waals surface area contributed by atoms with Crippen LogP contribution in [0.2, 0.25) is 0 Å². The highest BCUT2D eigenvalue weighted by molar-refractivity contribution is 5.78. The van der Waals surface area contributed by atoms with Crippen LogP contribution in [0.1, 0.15) is 5.56 Å². The number of hydrogen-bond donors (Lipinski definition) is 1. The van der Waals surface area contributed by atoms with Crippen molar-refractivity contribution in [3.8, 4) is 16.9 Å². The topological polar surface area (TPSA) is 38.3 Å². The molecule has 0 aliphatic heterocycles. The second-order valence-electron chi connectivity index (χ2n) is 5.75. The highest BCUT2D eigenvalue weighted by Crippen LogP contribution is 2.19. The van der Waals surface area contributed by atoms with Gasteiger partial charge in [0.15, 0.2) is 0 Å². The summed E-state index contributed by atoms with van der Waals surface area (Å²) in [6.07, 6.45) is 0.375. The number of ether oxygens (including phenoxy) is 1. The van der Waals surface area contributed by atoms with E-state index in [1.807, 2.05) is 60.7 Å². The molecule has 3 aromatic rings. The van der Waals surface area contributed by atoms with E-state index < -0.39 is 0 Å². The zero-order valence-electron chi connectivity index (χ0n) is 14.0. The fraction of sp³-hybridized carbons (Fsp3) is 0.136. The maximum atomic E-state index is 12.0. The van der Waals surface area contributed by atoms with Crippen LogP contribution in [-0.4, -0.2) is 19.1 Å². The standard InChI is InChI=1S/C22H21NO2/c24-22(23-15-16-25-21-9-5-2-6-10-21)17-18-11-13-20(14-12-18)19-7-3-1-4-8-19/h1-14H,15-17H2,(H,23,24). The highest BCUT2D eigenvalue weighted by atomic mass is 16.5. The van der Waals surface area contributed by atoms with E-state index in [0.717, 1.165) is 16.9 Å². The minimum Gasteiger partial charge on any atom is -0.492 e. The third-order valence-electron chi connectivity index (χ3n) is 3.86. The molecule has 0 atom stereocenters. The molecule has 0 spiro atoms. The molecule has 3 heteroatoms. The smallest absolute Gasteiger partial charge is 0.224 e. The number of rotatable bonds is 7. The largest absolute Gasteiger partial charge is 0.492 e. The van der Waals surface area contributed by atoms with E-state index in [9.17, 15) is 4.79 Å². The van der Waals surface area contributed by atoms with Gasteiger partial charge in [0, 0.05) is 0 Å². The zero-order chi connectivity index (χ0) is 17.3. The first kappa shape index (κ1) is 16.8.